The summed E-state index contributed by atoms with van der Waals surface area (Å²) in [5.41, 5.74) is -14.1. The molecule has 0 amide bonds. The summed E-state index contributed by atoms with van der Waals surface area (Å²) in [5.74, 6) is 0. The van der Waals surface area contributed by atoms with Crippen molar-refractivity contribution >= 4 is 19.7 Å². The SMILES string of the molecule is O=S(=O)(C(Cc1ccc(CC(C(F)(F)F)S(=O)(=O)C(F)(F)F)cc1)C(F)(F)F)C(F)(F)F. The molecule has 0 saturated heterocycles. The number of alkyl halides is 12. The zero-order valence-corrected chi connectivity index (χ0v) is 16.5. The van der Waals surface area contributed by atoms with Crippen molar-refractivity contribution in [2.24, 2.45) is 0 Å². The largest absolute Gasteiger partial charge is 0.498 e. The summed E-state index contributed by atoms with van der Waals surface area (Å²) in [7, 11) is -13.5. The van der Waals surface area contributed by atoms with Gasteiger partial charge in [0.15, 0.2) is 10.5 Å². The molecule has 1 aromatic rings. The number of benzene rings is 1. The topological polar surface area (TPSA) is 68.3 Å². The number of hydrogen-bond donors (Lipinski definition) is 0. The second-order valence-corrected chi connectivity index (χ2v) is 10.5. The molecular formula is C14H10F12O4S2. The van der Waals surface area contributed by atoms with Crippen LogP contribution in [0.5, 0.6) is 0 Å². The van der Waals surface area contributed by atoms with Crippen molar-refractivity contribution in [3.63, 3.8) is 0 Å². The van der Waals surface area contributed by atoms with Gasteiger partial charge in [0.1, 0.15) is 0 Å². The lowest BCUT2D eigenvalue weighted by Crippen LogP contribution is -2.45. The van der Waals surface area contributed by atoms with Gasteiger partial charge in [0.05, 0.1) is 0 Å². The van der Waals surface area contributed by atoms with Gasteiger partial charge in [0.25, 0.3) is 19.7 Å². The Hall–Kier alpha value is -1.72. The summed E-state index contributed by atoms with van der Waals surface area (Å²) in [4.78, 5) is 0. The van der Waals surface area contributed by atoms with E-state index < -0.39 is 77.5 Å². The van der Waals surface area contributed by atoms with E-state index in [1.54, 1.807) is 0 Å². The van der Waals surface area contributed by atoms with Crippen LogP contribution in [0.4, 0.5) is 52.7 Å². The van der Waals surface area contributed by atoms with E-state index in [2.05, 4.69) is 0 Å². The molecule has 0 radical (unpaired) electrons. The van der Waals surface area contributed by atoms with E-state index in [0.717, 1.165) is 0 Å². The third-order valence-corrected chi connectivity index (χ3v) is 7.65. The van der Waals surface area contributed by atoms with Crippen molar-refractivity contribution < 1.29 is 69.5 Å². The Morgan fingerprint density at radius 1 is 0.531 bits per heavy atom. The normalized spacial score (nSPS) is 16.6. The molecule has 0 aliphatic carbocycles. The van der Waals surface area contributed by atoms with Crippen LogP contribution in [0.3, 0.4) is 0 Å². The Kier molecular flexibility index (Phi) is 7.58. The molecule has 1 rings (SSSR count). The molecule has 4 nitrogen and oxygen atoms in total. The monoisotopic (exact) mass is 534 g/mol. The lowest BCUT2D eigenvalue weighted by molar-refractivity contribution is -0.135. The Bertz CT molecular complexity index is 917. The smallest absolute Gasteiger partial charge is 0.219 e. The molecule has 2 unspecified atom stereocenters. The standard InChI is InChI=1S/C14H10F12O4S2/c15-11(16,17)9(31(27,28)13(21,22)23)5-7-1-2-8(4-3-7)6-10(12(18,19)20)32(29,30)14(24,25)26/h1-4,9-10H,5-6H2. The molecule has 0 aliphatic rings. The van der Waals surface area contributed by atoms with Crippen molar-refractivity contribution in [2.75, 3.05) is 0 Å². The van der Waals surface area contributed by atoms with E-state index >= 15 is 0 Å². The van der Waals surface area contributed by atoms with Gasteiger partial charge in [-0.15, -0.1) is 0 Å². The molecule has 32 heavy (non-hydrogen) atoms. The quantitative estimate of drug-likeness (QED) is 0.505. The van der Waals surface area contributed by atoms with E-state index in [1.807, 2.05) is 0 Å². The highest BCUT2D eigenvalue weighted by Crippen LogP contribution is 2.39. The first-order valence-corrected chi connectivity index (χ1v) is 10.8. The molecule has 18 heteroatoms. The van der Waals surface area contributed by atoms with E-state index in [0.29, 0.717) is 24.3 Å². The molecule has 186 valence electrons. The van der Waals surface area contributed by atoms with Gasteiger partial charge >= 0.3 is 23.4 Å². The lowest BCUT2D eigenvalue weighted by atomic mass is 10.0. The maximum atomic E-state index is 12.9. The molecule has 0 spiro atoms. The van der Waals surface area contributed by atoms with Crippen LogP contribution in [0.25, 0.3) is 0 Å². The first-order valence-electron chi connectivity index (χ1n) is 7.74. The fraction of sp³-hybridized carbons (Fsp3) is 0.571. The minimum absolute atomic E-state index is 0.438. The molecule has 0 N–H and O–H groups in total. The van der Waals surface area contributed by atoms with Gasteiger partial charge in [-0.05, 0) is 24.0 Å². The highest BCUT2D eigenvalue weighted by Gasteiger charge is 2.61. The number of hydrogen-bond acceptors (Lipinski definition) is 4. The van der Waals surface area contributed by atoms with Gasteiger partial charge in [-0.2, -0.15) is 52.7 Å². The minimum Gasteiger partial charge on any atom is -0.219 e. The van der Waals surface area contributed by atoms with Crippen LogP contribution in [0, 0.1) is 0 Å². The zero-order valence-electron chi connectivity index (χ0n) is 14.9. The summed E-state index contributed by atoms with van der Waals surface area (Å²) >= 11 is 0. The van der Waals surface area contributed by atoms with Gasteiger partial charge in [-0.1, -0.05) is 24.3 Å². The number of halogens is 12. The summed E-state index contributed by atoms with van der Waals surface area (Å²) in [5, 5.41) is -7.93. The molecule has 0 heterocycles. The number of rotatable bonds is 6. The van der Waals surface area contributed by atoms with E-state index in [4.69, 9.17) is 0 Å². The van der Waals surface area contributed by atoms with Gasteiger partial charge in [0, 0.05) is 0 Å². The van der Waals surface area contributed by atoms with Crippen LogP contribution in [-0.4, -0.2) is 50.7 Å². The second-order valence-electron chi connectivity index (χ2n) is 6.27. The fourth-order valence-electron chi connectivity index (χ4n) is 2.36. The zero-order chi connectivity index (χ0) is 25.6. The van der Waals surface area contributed by atoms with Crippen molar-refractivity contribution in [3.8, 4) is 0 Å². The molecule has 0 fully saturated rings. The van der Waals surface area contributed by atoms with Crippen LogP contribution >= 0.6 is 0 Å². The Balaban J connectivity index is 3.27. The summed E-state index contributed by atoms with van der Waals surface area (Å²) in [6.45, 7) is 0. The molecule has 2 atom stereocenters. The highest BCUT2D eigenvalue weighted by molar-refractivity contribution is 7.93. The molecule has 0 bridgehead atoms. The number of sulfone groups is 2. The van der Waals surface area contributed by atoms with Crippen LogP contribution < -0.4 is 0 Å². The fourth-order valence-corrected chi connectivity index (χ4v) is 4.54. The van der Waals surface area contributed by atoms with Crippen molar-refractivity contribution in [2.45, 2.75) is 46.7 Å². The Labute approximate surface area is 172 Å². The lowest BCUT2D eigenvalue weighted by Gasteiger charge is -2.23. The first kappa shape index (κ1) is 28.3. The van der Waals surface area contributed by atoms with Crippen LogP contribution in [0.15, 0.2) is 24.3 Å². The predicted octanol–water partition coefficient (Wildman–Crippen LogP) is 4.50. The maximum Gasteiger partial charge on any atom is 0.498 e. The van der Waals surface area contributed by atoms with E-state index in [1.165, 1.54) is 0 Å². The molecule has 0 aromatic heterocycles. The second kappa shape index (κ2) is 8.57. The van der Waals surface area contributed by atoms with Gasteiger partial charge in [-0.3, -0.25) is 0 Å². The van der Waals surface area contributed by atoms with Gasteiger partial charge < -0.3 is 0 Å². The van der Waals surface area contributed by atoms with Crippen molar-refractivity contribution in [1.29, 1.82) is 0 Å². The summed E-state index contributed by atoms with van der Waals surface area (Å²) in [6.07, 6.45) is -15.4. The van der Waals surface area contributed by atoms with Crippen LogP contribution in [0.1, 0.15) is 11.1 Å². The van der Waals surface area contributed by atoms with Gasteiger partial charge in [0.2, 0.25) is 0 Å². The average Bonchev–Trinajstić information content (AvgIpc) is 2.54. The van der Waals surface area contributed by atoms with E-state index in [-0.39, 0.29) is 0 Å². The van der Waals surface area contributed by atoms with Crippen LogP contribution in [-0.2, 0) is 32.5 Å². The third kappa shape index (κ3) is 6.20. The maximum absolute atomic E-state index is 12.9. The van der Waals surface area contributed by atoms with Crippen molar-refractivity contribution in [1.82, 2.24) is 0 Å². The molecular weight excluding hydrogens is 524 g/mol. The molecule has 1 aromatic carbocycles. The van der Waals surface area contributed by atoms with E-state index in [9.17, 15) is 69.5 Å². The molecule has 0 saturated carbocycles. The highest BCUT2D eigenvalue weighted by atomic mass is 32.2. The predicted molar refractivity (Wildman–Crippen MR) is 83.5 cm³/mol. The Morgan fingerprint density at radius 2 is 0.750 bits per heavy atom. The third-order valence-electron chi connectivity index (χ3n) is 3.99. The minimum atomic E-state index is -6.76. The molecule has 0 aliphatic heterocycles. The summed E-state index contributed by atoms with van der Waals surface area (Å²) < 4.78 is 197. The van der Waals surface area contributed by atoms with Crippen molar-refractivity contribution in [3.05, 3.63) is 35.4 Å². The Morgan fingerprint density at radius 3 is 0.906 bits per heavy atom. The van der Waals surface area contributed by atoms with Crippen LogP contribution in [0.2, 0.25) is 0 Å². The summed E-state index contributed by atoms with van der Waals surface area (Å²) in [6, 6.07) is 1.75. The van der Waals surface area contributed by atoms with Gasteiger partial charge in [-0.25, -0.2) is 16.8 Å². The average molecular weight is 534 g/mol. The first-order chi connectivity index (χ1) is 13.9.